The van der Waals surface area contributed by atoms with Crippen LogP contribution >= 0.6 is 0 Å². The van der Waals surface area contributed by atoms with Gasteiger partial charge in [-0.15, -0.1) is 0 Å². The van der Waals surface area contributed by atoms with E-state index in [0.717, 1.165) is 22.6 Å². The summed E-state index contributed by atoms with van der Waals surface area (Å²) in [6.45, 7) is 0. The lowest BCUT2D eigenvalue weighted by Crippen LogP contribution is -2.44. The van der Waals surface area contributed by atoms with E-state index in [9.17, 15) is 0 Å². The predicted molar refractivity (Wildman–Crippen MR) is 86.6 cm³/mol. The fourth-order valence-electron chi connectivity index (χ4n) is 2.31. The number of anilines is 1. The van der Waals surface area contributed by atoms with Crippen molar-refractivity contribution in [1.29, 1.82) is 0 Å². The highest BCUT2D eigenvalue weighted by Gasteiger charge is 2.25. The fraction of sp³-hybridized carbons (Fsp3) is 0.111. The molecule has 3 rings (SSSR count). The topological polar surface area (TPSA) is 61.3 Å². The Bertz CT molecular complexity index is 674. The lowest BCUT2D eigenvalue weighted by molar-refractivity contribution is 0.130. The van der Waals surface area contributed by atoms with Crippen molar-refractivity contribution in [2.45, 2.75) is 12.1 Å². The fourth-order valence-corrected chi connectivity index (χ4v) is 2.31. The molecule has 106 valence electrons. The summed E-state index contributed by atoms with van der Waals surface area (Å²) in [5, 5.41) is 0. The molecule has 0 amide bonds. The minimum atomic E-state index is -0.793. The molecule has 1 aliphatic rings. The van der Waals surface area contributed by atoms with E-state index in [1.54, 1.807) is 0 Å². The van der Waals surface area contributed by atoms with Gasteiger partial charge in [0.05, 0.1) is 0 Å². The molecular formula is C18H18N2O. The molecule has 0 fully saturated rings. The molecule has 0 spiro atoms. The summed E-state index contributed by atoms with van der Waals surface area (Å²) in [6, 6.07) is 17.4. The summed E-state index contributed by atoms with van der Waals surface area (Å²) in [6.07, 6.45) is 6.62. The number of nitrogen functional groups attached to an aromatic ring is 1. The summed E-state index contributed by atoms with van der Waals surface area (Å²) in [7, 11) is 0. The van der Waals surface area contributed by atoms with E-state index in [-0.39, 0.29) is 0 Å². The van der Waals surface area contributed by atoms with Gasteiger partial charge in [0.15, 0.2) is 5.72 Å². The highest BCUT2D eigenvalue weighted by atomic mass is 16.5. The number of rotatable bonds is 3. The number of para-hydroxylation sites is 1. The van der Waals surface area contributed by atoms with Crippen LogP contribution in [0.5, 0.6) is 5.75 Å². The average molecular weight is 278 g/mol. The zero-order valence-corrected chi connectivity index (χ0v) is 11.7. The van der Waals surface area contributed by atoms with Gasteiger partial charge < -0.3 is 10.5 Å². The second kappa shape index (κ2) is 5.46. The van der Waals surface area contributed by atoms with Gasteiger partial charge in [0, 0.05) is 12.1 Å². The molecule has 0 heterocycles. The first kappa shape index (κ1) is 13.5. The summed E-state index contributed by atoms with van der Waals surface area (Å²) < 4.78 is 5.87. The number of benzene rings is 2. The molecule has 0 saturated carbocycles. The molecule has 0 aromatic heterocycles. The maximum absolute atomic E-state index is 6.28. The van der Waals surface area contributed by atoms with Gasteiger partial charge >= 0.3 is 0 Å². The second-order valence-corrected chi connectivity index (χ2v) is 5.19. The number of ether oxygens (including phenoxy) is 1. The summed E-state index contributed by atoms with van der Waals surface area (Å²) in [5.41, 5.74) is 14.2. The molecule has 0 aliphatic heterocycles. The molecule has 1 unspecified atom stereocenters. The quantitative estimate of drug-likeness (QED) is 0.668. The van der Waals surface area contributed by atoms with E-state index >= 15 is 0 Å². The predicted octanol–water partition coefficient (Wildman–Crippen LogP) is 3.35. The number of nitrogens with two attached hydrogens (primary N) is 2. The summed E-state index contributed by atoms with van der Waals surface area (Å²) in [5.74, 6) is 0.772. The van der Waals surface area contributed by atoms with Crippen LogP contribution < -0.4 is 16.2 Å². The molecule has 0 radical (unpaired) electrons. The first-order chi connectivity index (χ1) is 10.1. The van der Waals surface area contributed by atoms with E-state index in [1.807, 2.05) is 66.7 Å². The Labute approximate surface area is 124 Å². The molecule has 4 N–H and O–H groups in total. The van der Waals surface area contributed by atoms with E-state index < -0.39 is 5.72 Å². The van der Waals surface area contributed by atoms with Crippen molar-refractivity contribution in [1.82, 2.24) is 0 Å². The minimum Gasteiger partial charge on any atom is -0.469 e. The number of hydrogen-bond acceptors (Lipinski definition) is 3. The third kappa shape index (κ3) is 3.15. The van der Waals surface area contributed by atoms with Gasteiger partial charge in [-0.25, -0.2) is 0 Å². The van der Waals surface area contributed by atoms with Gasteiger partial charge in [-0.2, -0.15) is 0 Å². The Morgan fingerprint density at radius 2 is 1.67 bits per heavy atom. The molecule has 2 aromatic rings. The van der Waals surface area contributed by atoms with Crippen LogP contribution in [0.3, 0.4) is 0 Å². The van der Waals surface area contributed by atoms with Gasteiger partial charge in [0.25, 0.3) is 0 Å². The monoisotopic (exact) mass is 278 g/mol. The molecule has 21 heavy (non-hydrogen) atoms. The van der Waals surface area contributed by atoms with E-state index in [2.05, 4.69) is 6.08 Å². The summed E-state index contributed by atoms with van der Waals surface area (Å²) >= 11 is 0. The normalized spacial score (nSPS) is 20.9. The van der Waals surface area contributed by atoms with Crippen LogP contribution in [0.25, 0.3) is 5.57 Å². The van der Waals surface area contributed by atoms with Crippen molar-refractivity contribution in [2.75, 3.05) is 5.73 Å². The van der Waals surface area contributed by atoms with Gasteiger partial charge in [-0.05, 0) is 41.5 Å². The molecule has 3 heteroatoms. The molecule has 2 aromatic carbocycles. The zero-order chi connectivity index (χ0) is 14.7. The Morgan fingerprint density at radius 3 is 2.29 bits per heavy atom. The Kier molecular flexibility index (Phi) is 3.50. The number of hydrogen-bond donors (Lipinski definition) is 2. The van der Waals surface area contributed by atoms with Crippen LogP contribution in [0.2, 0.25) is 0 Å². The van der Waals surface area contributed by atoms with Crippen LogP contribution in [0.1, 0.15) is 12.0 Å². The third-order valence-corrected chi connectivity index (χ3v) is 3.48. The van der Waals surface area contributed by atoms with Crippen molar-refractivity contribution in [3.8, 4) is 5.75 Å². The largest absolute Gasteiger partial charge is 0.469 e. The SMILES string of the molecule is Nc1ccc(C2=CCC(N)(Oc3ccccc3)C=C2)cc1. The molecular weight excluding hydrogens is 260 g/mol. The Morgan fingerprint density at radius 1 is 0.952 bits per heavy atom. The smallest absolute Gasteiger partial charge is 0.181 e. The van der Waals surface area contributed by atoms with Gasteiger partial charge in [-0.1, -0.05) is 42.5 Å². The van der Waals surface area contributed by atoms with Gasteiger partial charge in [0.2, 0.25) is 0 Å². The van der Waals surface area contributed by atoms with Crippen LogP contribution in [0, 0.1) is 0 Å². The van der Waals surface area contributed by atoms with Crippen LogP contribution in [0.15, 0.2) is 72.8 Å². The molecule has 0 saturated heterocycles. The van der Waals surface area contributed by atoms with Gasteiger partial charge in [0.1, 0.15) is 5.75 Å². The Balaban J connectivity index is 1.74. The third-order valence-electron chi connectivity index (χ3n) is 3.48. The lowest BCUT2D eigenvalue weighted by Gasteiger charge is -2.29. The second-order valence-electron chi connectivity index (χ2n) is 5.19. The maximum atomic E-state index is 6.28. The van der Waals surface area contributed by atoms with Crippen molar-refractivity contribution < 1.29 is 4.74 Å². The maximum Gasteiger partial charge on any atom is 0.181 e. The molecule has 1 aliphatic carbocycles. The first-order valence-electron chi connectivity index (χ1n) is 6.93. The van der Waals surface area contributed by atoms with Gasteiger partial charge in [-0.3, -0.25) is 5.73 Å². The molecule has 0 bridgehead atoms. The van der Waals surface area contributed by atoms with Crippen molar-refractivity contribution in [3.63, 3.8) is 0 Å². The van der Waals surface area contributed by atoms with Crippen molar-refractivity contribution >= 4 is 11.3 Å². The highest BCUT2D eigenvalue weighted by Crippen LogP contribution is 2.28. The molecule has 1 atom stereocenters. The highest BCUT2D eigenvalue weighted by molar-refractivity contribution is 5.76. The van der Waals surface area contributed by atoms with E-state index in [1.165, 1.54) is 0 Å². The summed E-state index contributed by atoms with van der Waals surface area (Å²) in [4.78, 5) is 0. The first-order valence-corrected chi connectivity index (χ1v) is 6.93. The van der Waals surface area contributed by atoms with Crippen molar-refractivity contribution in [3.05, 3.63) is 78.4 Å². The van der Waals surface area contributed by atoms with E-state index in [4.69, 9.17) is 16.2 Å². The Hall–Kier alpha value is -2.52. The molecule has 3 nitrogen and oxygen atoms in total. The standard InChI is InChI=1S/C18H18N2O/c19-16-8-6-14(7-9-16)15-10-12-18(20,13-11-15)21-17-4-2-1-3-5-17/h1-12H,13,19-20H2. The number of allylic oxidation sites excluding steroid dienone is 2. The lowest BCUT2D eigenvalue weighted by atomic mass is 9.95. The van der Waals surface area contributed by atoms with E-state index in [0.29, 0.717) is 6.42 Å². The zero-order valence-electron chi connectivity index (χ0n) is 11.7. The van der Waals surface area contributed by atoms with Crippen molar-refractivity contribution in [2.24, 2.45) is 5.73 Å². The van der Waals surface area contributed by atoms with Crippen LogP contribution in [-0.4, -0.2) is 5.72 Å². The average Bonchev–Trinajstić information content (AvgIpc) is 2.50. The minimum absolute atomic E-state index is 0.623. The van der Waals surface area contributed by atoms with Crippen LogP contribution in [0.4, 0.5) is 5.69 Å². The van der Waals surface area contributed by atoms with Crippen LogP contribution in [-0.2, 0) is 0 Å².